The van der Waals surface area contributed by atoms with Crippen LogP contribution in [-0.2, 0) is 9.05 Å². The summed E-state index contributed by atoms with van der Waals surface area (Å²) in [7, 11) is 1.08. The molecule has 1 aromatic carbocycles. The lowest BCUT2D eigenvalue weighted by atomic mass is 10.2. The maximum absolute atomic E-state index is 13.2. The van der Waals surface area contributed by atoms with Crippen molar-refractivity contribution >= 4 is 42.3 Å². The van der Waals surface area contributed by atoms with Gasteiger partial charge < -0.3 is 0 Å². The smallest absolute Gasteiger partial charge is 0.207 e. The fourth-order valence-electron chi connectivity index (χ4n) is 0.806. The largest absolute Gasteiger partial charge is 0.262 e. The molecule has 0 aromatic heterocycles. The van der Waals surface area contributed by atoms with Crippen molar-refractivity contribution in [3.8, 4) is 6.07 Å². The Hall–Kier alpha value is -0.390. The van der Waals surface area contributed by atoms with Gasteiger partial charge in [-0.2, -0.15) is 5.26 Å². The number of benzene rings is 1. The number of nitriles is 1. The minimum atomic E-state index is -3.97. The molecule has 0 saturated heterocycles. The average Bonchev–Trinajstić information content (AvgIpc) is 2.07. The Morgan fingerprint density at radius 3 is 2.50 bits per heavy atom. The van der Waals surface area contributed by atoms with E-state index in [1.807, 2.05) is 0 Å². The van der Waals surface area contributed by atoms with E-state index in [2.05, 4.69) is 0 Å². The summed E-state index contributed by atoms with van der Waals surface area (Å²) in [6.45, 7) is 0. The number of hydrogen-bond donors (Lipinski definition) is 0. The first-order valence-corrected chi connectivity index (χ1v) is 6.59. The van der Waals surface area contributed by atoms with Gasteiger partial charge in [0.05, 0.1) is 14.0 Å². The summed E-state index contributed by atoms with van der Waals surface area (Å²) in [6, 6.07) is 3.78. The van der Waals surface area contributed by atoms with Crippen LogP contribution in [0.15, 0.2) is 17.0 Å². The van der Waals surface area contributed by atoms with Crippen LogP contribution in [0.1, 0.15) is 5.56 Å². The third kappa shape index (κ3) is 2.16. The molecule has 1 rings (SSSR count). The SMILES string of the molecule is N#Cc1ccc(S(=O)(=O)Cl)c(I)c1F. The Labute approximate surface area is 98.0 Å². The lowest BCUT2D eigenvalue weighted by Crippen LogP contribution is -1.99. The van der Waals surface area contributed by atoms with Crippen molar-refractivity contribution in [3.05, 3.63) is 27.1 Å². The predicted octanol–water partition coefficient (Wildman–Crippen LogP) is 2.23. The van der Waals surface area contributed by atoms with Crippen molar-refractivity contribution in [2.45, 2.75) is 4.90 Å². The first-order valence-electron chi connectivity index (χ1n) is 3.20. The first-order chi connectivity index (χ1) is 6.38. The van der Waals surface area contributed by atoms with Gasteiger partial charge >= 0.3 is 0 Å². The van der Waals surface area contributed by atoms with Gasteiger partial charge in [-0.15, -0.1) is 0 Å². The van der Waals surface area contributed by atoms with Crippen LogP contribution in [-0.4, -0.2) is 8.42 Å². The molecule has 14 heavy (non-hydrogen) atoms. The Morgan fingerprint density at radius 2 is 2.07 bits per heavy atom. The molecule has 0 fully saturated rings. The van der Waals surface area contributed by atoms with Gasteiger partial charge in [-0.1, -0.05) is 0 Å². The van der Waals surface area contributed by atoms with Crippen LogP contribution >= 0.6 is 33.3 Å². The second kappa shape index (κ2) is 4.00. The van der Waals surface area contributed by atoms with Gasteiger partial charge in [-0.05, 0) is 34.7 Å². The van der Waals surface area contributed by atoms with Gasteiger partial charge in [0.15, 0.2) is 5.82 Å². The Kier molecular flexibility index (Phi) is 3.34. The monoisotopic (exact) mass is 345 g/mol. The number of hydrogen-bond acceptors (Lipinski definition) is 3. The molecule has 0 heterocycles. The van der Waals surface area contributed by atoms with Crippen LogP contribution in [0.2, 0.25) is 0 Å². The molecule has 0 N–H and O–H groups in total. The van der Waals surface area contributed by atoms with Gasteiger partial charge in [0.25, 0.3) is 9.05 Å². The molecule has 0 unspecified atom stereocenters. The summed E-state index contributed by atoms with van der Waals surface area (Å²) < 4.78 is 34.9. The molecule has 0 aliphatic heterocycles. The highest BCUT2D eigenvalue weighted by molar-refractivity contribution is 14.1. The molecule has 0 aliphatic carbocycles. The summed E-state index contributed by atoms with van der Waals surface area (Å²) in [5.41, 5.74) is -0.210. The molecule has 0 spiro atoms. The fourth-order valence-corrected chi connectivity index (χ4v) is 3.46. The summed E-state index contributed by atoms with van der Waals surface area (Å²) in [4.78, 5) is -0.323. The predicted molar refractivity (Wildman–Crippen MR) is 56.9 cm³/mol. The van der Waals surface area contributed by atoms with E-state index in [9.17, 15) is 12.8 Å². The van der Waals surface area contributed by atoms with Gasteiger partial charge in [0, 0.05) is 10.7 Å². The Bertz CT molecular complexity index is 523. The van der Waals surface area contributed by atoms with E-state index >= 15 is 0 Å². The van der Waals surface area contributed by atoms with Crippen molar-refractivity contribution in [1.82, 2.24) is 0 Å². The molecule has 0 radical (unpaired) electrons. The number of rotatable bonds is 1. The molecule has 0 amide bonds. The molecule has 0 bridgehead atoms. The third-order valence-electron chi connectivity index (χ3n) is 1.43. The van der Waals surface area contributed by atoms with Crippen LogP contribution < -0.4 is 0 Å². The second-order valence-corrected chi connectivity index (χ2v) is 5.90. The number of halogens is 3. The van der Waals surface area contributed by atoms with Gasteiger partial charge in [-0.25, -0.2) is 12.8 Å². The van der Waals surface area contributed by atoms with Crippen molar-refractivity contribution in [2.24, 2.45) is 0 Å². The minimum absolute atomic E-state index is 0.170. The van der Waals surface area contributed by atoms with E-state index in [0.29, 0.717) is 0 Å². The van der Waals surface area contributed by atoms with E-state index < -0.39 is 14.9 Å². The average molecular weight is 346 g/mol. The highest BCUT2D eigenvalue weighted by Gasteiger charge is 2.19. The van der Waals surface area contributed by atoms with Crippen LogP contribution in [0, 0.1) is 20.7 Å². The molecule has 7 heteroatoms. The summed E-state index contributed by atoms with van der Waals surface area (Å²) in [5.74, 6) is -0.866. The van der Waals surface area contributed by atoms with E-state index in [1.165, 1.54) is 22.6 Å². The number of nitrogens with zero attached hydrogens (tertiary/aromatic N) is 1. The van der Waals surface area contributed by atoms with Gasteiger partial charge in [0.1, 0.15) is 6.07 Å². The summed E-state index contributed by atoms with van der Waals surface area (Å²) >= 11 is 1.49. The minimum Gasteiger partial charge on any atom is -0.207 e. The lowest BCUT2D eigenvalue weighted by molar-refractivity contribution is 0.596. The maximum Gasteiger partial charge on any atom is 0.262 e. The van der Waals surface area contributed by atoms with Crippen molar-refractivity contribution in [3.63, 3.8) is 0 Å². The Balaban J connectivity index is 3.57. The highest BCUT2D eigenvalue weighted by atomic mass is 127. The molecule has 0 saturated carbocycles. The molecule has 3 nitrogen and oxygen atoms in total. The third-order valence-corrected chi connectivity index (χ3v) is 4.21. The van der Waals surface area contributed by atoms with E-state index in [-0.39, 0.29) is 14.0 Å². The Morgan fingerprint density at radius 1 is 1.50 bits per heavy atom. The van der Waals surface area contributed by atoms with E-state index in [1.54, 1.807) is 6.07 Å². The standard InChI is InChI=1S/C7H2ClFINO2S/c8-14(12,13)5-2-1-4(3-11)6(9)7(5)10/h1-2H. The normalized spacial score (nSPS) is 11.0. The highest BCUT2D eigenvalue weighted by Crippen LogP contribution is 2.25. The quantitative estimate of drug-likeness (QED) is 0.579. The zero-order chi connectivity index (χ0) is 10.9. The lowest BCUT2D eigenvalue weighted by Gasteiger charge is -2.02. The molecule has 1 aromatic rings. The molecule has 74 valence electrons. The summed E-state index contributed by atoms with van der Waals surface area (Å²) in [6.07, 6.45) is 0. The van der Waals surface area contributed by atoms with Gasteiger partial charge in [-0.3, -0.25) is 0 Å². The topological polar surface area (TPSA) is 57.9 Å². The van der Waals surface area contributed by atoms with Crippen molar-refractivity contribution < 1.29 is 12.8 Å². The van der Waals surface area contributed by atoms with Crippen molar-refractivity contribution in [2.75, 3.05) is 0 Å². The van der Waals surface area contributed by atoms with Crippen LogP contribution in [0.4, 0.5) is 4.39 Å². The van der Waals surface area contributed by atoms with Crippen LogP contribution in [0.5, 0.6) is 0 Å². The molecular formula is C7H2ClFINO2S. The van der Waals surface area contributed by atoms with Crippen LogP contribution in [0.25, 0.3) is 0 Å². The van der Waals surface area contributed by atoms with E-state index in [4.69, 9.17) is 15.9 Å². The first kappa shape index (κ1) is 11.7. The maximum atomic E-state index is 13.2. The van der Waals surface area contributed by atoms with Crippen molar-refractivity contribution in [1.29, 1.82) is 5.26 Å². The summed E-state index contributed by atoms with van der Waals surface area (Å²) in [5, 5.41) is 8.46. The fraction of sp³-hybridized carbons (Fsp3) is 0. The van der Waals surface area contributed by atoms with Gasteiger partial charge in [0.2, 0.25) is 0 Å². The zero-order valence-corrected chi connectivity index (χ0v) is 10.2. The zero-order valence-electron chi connectivity index (χ0n) is 6.46. The van der Waals surface area contributed by atoms with E-state index in [0.717, 1.165) is 12.1 Å². The molecular weight excluding hydrogens is 344 g/mol. The second-order valence-electron chi connectivity index (χ2n) is 2.29. The molecule has 0 atom stereocenters. The molecule has 0 aliphatic rings. The van der Waals surface area contributed by atoms with Crippen LogP contribution in [0.3, 0.4) is 0 Å².